The second-order valence-corrected chi connectivity index (χ2v) is 8.95. The van der Waals surface area contributed by atoms with E-state index in [2.05, 4.69) is 20.5 Å². The summed E-state index contributed by atoms with van der Waals surface area (Å²) < 4.78 is 38.9. The quantitative estimate of drug-likeness (QED) is 0.178. The van der Waals surface area contributed by atoms with Gasteiger partial charge >= 0.3 is 0 Å². The summed E-state index contributed by atoms with van der Waals surface area (Å²) in [5.74, 6) is 0.421. The van der Waals surface area contributed by atoms with Gasteiger partial charge in [0.15, 0.2) is 0 Å². The van der Waals surface area contributed by atoms with Crippen molar-refractivity contribution in [2.24, 2.45) is 20.5 Å². The number of methoxy groups -OCH3 is 1. The van der Waals surface area contributed by atoms with Crippen molar-refractivity contribution in [2.75, 3.05) is 25.2 Å². The van der Waals surface area contributed by atoms with Gasteiger partial charge < -0.3 is 21.3 Å². The van der Waals surface area contributed by atoms with Crippen molar-refractivity contribution < 1.29 is 22.8 Å². The molecule has 0 heterocycles. The van der Waals surface area contributed by atoms with Gasteiger partial charge in [0.25, 0.3) is 10.1 Å². The minimum Gasteiger partial charge on any atom is -0.494 e. The summed E-state index contributed by atoms with van der Waals surface area (Å²) in [4.78, 5) is -0.622. The van der Waals surface area contributed by atoms with Crippen molar-refractivity contribution in [2.45, 2.75) is 24.7 Å². The minimum absolute atomic E-state index is 0.0447. The zero-order valence-corrected chi connectivity index (χ0v) is 20.0. The van der Waals surface area contributed by atoms with Crippen molar-refractivity contribution in [3.05, 3.63) is 59.7 Å². The summed E-state index contributed by atoms with van der Waals surface area (Å²) in [7, 11) is -3.26. The Kier molecular flexibility index (Phi) is 8.12. The molecule has 11 nitrogen and oxygen atoms in total. The number of rotatable bonds is 9. The molecule has 0 unspecified atom stereocenters. The lowest BCUT2D eigenvalue weighted by Gasteiger charge is -2.11. The van der Waals surface area contributed by atoms with E-state index in [0.717, 1.165) is 17.2 Å². The van der Waals surface area contributed by atoms with Gasteiger partial charge in [-0.15, -0.1) is 15.3 Å². The van der Waals surface area contributed by atoms with Gasteiger partial charge in [-0.05, 0) is 55.2 Å². The van der Waals surface area contributed by atoms with Crippen molar-refractivity contribution in [1.29, 1.82) is 0 Å². The number of hydrogen-bond donors (Lipinski definition) is 4. The topological polar surface area (TPSA) is 185 Å². The second-order valence-electron chi connectivity index (χ2n) is 7.56. The predicted octanol–water partition coefficient (Wildman–Crippen LogP) is 5.17. The molecule has 12 heteroatoms. The maximum Gasteiger partial charge on any atom is 0.296 e. The zero-order chi connectivity index (χ0) is 25.6. The van der Waals surface area contributed by atoms with E-state index in [0.29, 0.717) is 30.0 Å². The van der Waals surface area contributed by atoms with E-state index < -0.39 is 15.0 Å². The predicted molar refractivity (Wildman–Crippen MR) is 133 cm³/mol. The van der Waals surface area contributed by atoms with Crippen LogP contribution >= 0.6 is 0 Å². The summed E-state index contributed by atoms with van der Waals surface area (Å²) in [5.41, 5.74) is 14.1. The lowest BCUT2D eigenvalue weighted by molar-refractivity contribution is 0.288. The molecule has 0 aromatic heterocycles. The maximum atomic E-state index is 12.0. The highest BCUT2D eigenvalue weighted by Gasteiger charge is 2.22. The highest BCUT2D eigenvalue weighted by Crippen LogP contribution is 2.43. The van der Waals surface area contributed by atoms with Crippen LogP contribution in [0.5, 0.6) is 5.75 Å². The smallest absolute Gasteiger partial charge is 0.296 e. The number of nitrogens with two attached hydrogens (primary N) is 2. The third-order valence-electron chi connectivity index (χ3n) is 5.10. The Balaban J connectivity index is 2.11. The molecule has 0 aliphatic rings. The van der Waals surface area contributed by atoms with Crippen LogP contribution in [0.2, 0.25) is 0 Å². The Labute approximate surface area is 202 Å². The maximum absolute atomic E-state index is 12.0. The number of hydrogen-bond acceptors (Lipinski definition) is 10. The van der Waals surface area contributed by atoms with Crippen molar-refractivity contribution in [1.82, 2.24) is 0 Å². The summed E-state index contributed by atoms with van der Waals surface area (Å²) in [6, 6.07) is 13.4. The molecule has 3 aromatic carbocycles. The standard InChI is InChI=1S/C23H26N6O5S/c1-14-6-3-4-8-16(14)26-29-23-21(24)18(13-20(22(23)25)35(31,32)33)28-27-17-12-15(7-5-11-30)9-10-19(17)34-2/h3-4,6,8-10,12-13,30H,5,7,11,24-25H2,1-2H3,(H,31,32,33)/b28-27+,29-26+. The number of aliphatic hydroxyl groups excluding tert-OH is 1. The van der Waals surface area contributed by atoms with Crippen molar-refractivity contribution in [3.63, 3.8) is 0 Å². The Morgan fingerprint density at radius 2 is 1.60 bits per heavy atom. The lowest BCUT2D eigenvalue weighted by Crippen LogP contribution is -2.05. The summed E-state index contributed by atoms with van der Waals surface area (Å²) >= 11 is 0. The number of aliphatic hydroxyl groups is 1. The second kappa shape index (κ2) is 11.0. The fourth-order valence-corrected chi connectivity index (χ4v) is 3.84. The Morgan fingerprint density at radius 3 is 2.26 bits per heavy atom. The molecule has 0 aliphatic heterocycles. The number of benzene rings is 3. The molecule has 3 rings (SSSR count). The first-order valence-corrected chi connectivity index (χ1v) is 12.0. The molecule has 0 fully saturated rings. The first kappa shape index (κ1) is 25.7. The molecule has 0 spiro atoms. The Morgan fingerprint density at radius 1 is 0.914 bits per heavy atom. The van der Waals surface area contributed by atoms with Crippen LogP contribution < -0.4 is 16.2 Å². The van der Waals surface area contributed by atoms with E-state index in [4.69, 9.17) is 21.3 Å². The number of anilines is 2. The van der Waals surface area contributed by atoms with Gasteiger partial charge in [-0.25, -0.2) is 0 Å². The molecular formula is C23H26N6O5S. The van der Waals surface area contributed by atoms with Crippen LogP contribution in [0.1, 0.15) is 17.5 Å². The first-order chi connectivity index (χ1) is 16.7. The molecule has 0 bridgehead atoms. The van der Waals surface area contributed by atoms with Gasteiger partial charge in [0.1, 0.15) is 27.7 Å². The monoisotopic (exact) mass is 498 g/mol. The zero-order valence-electron chi connectivity index (χ0n) is 19.2. The average molecular weight is 499 g/mol. The van der Waals surface area contributed by atoms with E-state index in [9.17, 15) is 13.0 Å². The lowest BCUT2D eigenvalue weighted by atomic mass is 10.1. The average Bonchev–Trinajstić information content (AvgIpc) is 2.82. The van der Waals surface area contributed by atoms with Crippen LogP contribution in [-0.4, -0.2) is 31.8 Å². The van der Waals surface area contributed by atoms with Crippen LogP contribution in [-0.2, 0) is 16.5 Å². The molecule has 0 radical (unpaired) electrons. The molecule has 0 saturated carbocycles. The largest absolute Gasteiger partial charge is 0.494 e. The molecule has 0 saturated heterocycles. The SMILES string of the molecule is COc1ccc(CCCO)cc1/N=N/c1cc(S(=O)(=O)O)c(N)c(/N=N/c2ccccc2C)c1N. The fraction of sp³-hybridized carbons (Fsp3) is 0.217. The van der Waals surface area contributed by atoms with Crippen LogP contribution in [0.25, 0.3) is 0 Å². The van der Waals surface area contributed by atoms with Gasteiger partial charge in [0.05, 0.1) is 24.2 Å². The third-order valence-corrected chi connectivity index (χ3v) is 6.00. The molecule has 184 valence electrons. The van der Waals surface area contributed by atoms with Crippen LogP contribution in [0.15, 0.2) is 73.9 Å². The highest BCUT2D eigenvalue weighted by molar-refractivity contribution is 7.86. The third kappa shape index (κ3) is 6.18. The number of azo groups is 2. The fourth-order valence-electron chi connectivity index (χ4n) is 3.21. The minimum atomic E-state index is -4.73. The summed E-state index contributed by atoms with van der Waals surface area (Å²) in [6.07, 6.45) is 1.18. The van der Waals surface area contributed by atoms with Gasteiger partial charge in [-0.2, -0.15) is 13.5 Å². The van der Waals surface area contributed by atoms with E-state index in [-0.39, 0.29) is 29.4 Å². The number of nitrogen functional groups attached to an aromatic ring is 2. The molecule has 0 aliphatic carbocycles. The molecule has 6 N–H and O–H groups in total. The highest BCUT2D eigenvalue weighted by atomic mass is 32.2. The normalized spacial score (nSPS) is 12.0. The summed E-state index contributed by atoms with van der Waals surface area (Å²) in [5, 5.41) is 25.5. The Hall–Kier alpha value is -3.87. The van der Waals surface area contributed by atoms with Crippen molar-refractivity contribution >= 4 is 44.2 Å². The molecule has 3 aromatic rings. The Bertz CT molecular complexity index is 1390. The molecular weight excluding hydrogens is 472 g/mol. The van der Waals surface area contributed by atoms with Crippen LogP contribution in [0.3, 0.4) is 0 Å². The van der Waals surface area contributed by atoms with Crippen LogP contribution in [0, 0.1) is 6.92 Å². The molecule has 0 amide bonds. The number of ether oxygens (including phenoxy) is 1. The van der Waals surface area contributed by atoms with E-state index in [1.165, 1.54) is 7.11 Å². The number of nitrogens with zero attached hydrogens (tertiary/aromatic N) is 4. The summed E-state index contributed by atoms with van der Waals surface area (Å²) in [6.45, 7) is 1.88. The molecule has 35 heavy (non-hydrogen) atoms. The van der Waals surface area contributed by atoms with E-state index >= 15 is 0 Å². The van der Waals surface area contributed by atoms with Gasteiger partial charge in [-0.3, -0.25) is 4.55 Å². The molecule has 0 atom stereocenters. The van der Waals surface area contributed by atoms with Gasteiger partial charge in [0.2, 0.25) is 0 Å². The van der Waals surface area contributed by atoms with Crippen molar-refractivity contribution in [3.8, 4) is 5.75 Å². The van der Waals surface area contributed by atoms with E-state index in [1.54, 1.807) is 24.3 Å². The first-order valence-electron chi connectivity index (χ1n) is 10.5. The van der Waals surface area contributed by atoms with E-state index in [1.807, 2.05) is 25.1 Å². The van der Waals surface area contributed by atoms with Crippen LogP contribution in [0.4, 0.5) is 34.1 Å². The van der Waals surface area contributed by atoms with Gasteiger partial charge in [0, 0.05) is 6.61 Å². The number of aryl methyl sites for hydroxylation is 2. The van der Waals surface area contributed by atoms with Gasteiger partial charge in [-0.1, -0.05) is 24.3 Å².